The number of rotatable bonds is 1. The number of nitrogens with two attached hydrogens (primary N) is 1. The fraction of sp³-hybridized carbons (Fsp3) is 0.333. The highest BCUT2D eigenvalue weighted by atomic mass is 16.6. The van der Waals surface area contributed by atoms with Gasteiger partial charge in [-0.15, -0.1) is 0 Å². The van der Waals surface area contributed by atoms with Gasteiger partial charge in [0.05, 0.1) is 11.0 Å². The van der Waals surface area contributed by atoms with Crippen LogP contribution in [0.2, 0.25) is 0 Å². The molecule has 2 atom stereocenters. The average Bonchev–Trinajstić information content (AvgIpc) is 2.43. The standard InChI is InChI=1S/C9H10N2O3/c10-8-3-5-1-2-6(11(13)14)4-7(5)9(8)12/h1-2,4,8-9,12H,3,10H2/t8-,9-/m1/s1. The number of nitro groups is 1. The molecule has 1 aromatic rings. The monoisotopic (exact) mass is 194 g/mol. The third-order valence-corrected chi connectivity index (χ3v) is 2.52. The Morgan fingerprint density at radius 3 is 2.93 bits per heavy atom. The highest BCUT2D eigenvalue weighted by Gasteiger charge is 2.29. The number of nitro benzene ring substituents is 1. The Balaban J connectivity index is 2.46. The molecule has 74 valence electrons. The summed E-state index contributed by atoms with van der Waals surface area (Å²) in [4.78, 5) is 10.0. The summed E-state index contributed by atoms with van der Waals surface area (Å²) in [6.07, 6.45) is -0.195. The van der Waals surface area contributed by atoms with Gasteiger partial charge in [-0.05, 0) is 17.5 Å². The van der Waals surface area contributed by atoms with Crippen LogP contribution in [0.1, 0.15) is 17.2 Å². The van der Waals surface area contributed by atoms with Crippen LogP contribution in [0.15, 0.2) is 18.2 Å². The Labute approximate surface area is 80.3 Å². The number of nitrogens with zero attached hydrogens (tertiary/aromatic N) is 1. The second-order valence-corrected chi connectivity index (χ2v) is 3.45. The molecule has 0 aromatic heterocycles. The van der Waals surface area contributed by atoms with Crippen LogP contribution in [-0.4, -0.2) is 16.1 Å². The van der Waals surface area contributed by atoms with E-state index in [0.29, 0.717) is 12.0 Å². The molecule has 0 bridgehead atoms. The minimum absolute atomic E-state index is 0.00287. The van der Waals surface area contributed by atoms with Gasteiger partial charge in [0, 0.05) is 18.2 Å². The molecular weight excluding hydrogens is 184 g/mol. The predicted molar refractivity (Wildman–Crippen MR) is 49.7 cm³/mol. The maximum Gasteiger partial charge on any atom is 0.269 e. The van der Waals surface area contributed by atoms with Gasteiger partial charge in [0.25, 0.3) is 5.69 Å². The zero-order valence-corrected chi connectivity index (χ0v) is 7.38. The molecule has 0 heterocycles. The van der Waals surface area contributed by atoms with Crippen LogP contribution in [0.5, 0.6) is 0 Å². The molecule has 3 N–H and O–H groups in total. The fourth-order valence-corrected chi connectivity index (χ4v) is 1.75. The van der Waals surface area contributed by atoms with E-state index in [2.05, 4.69) is 0 Å². The second-order valence-electron chi connectivity index (χ2n) is 3.45. The zero-order valence-electron chi connectivity index (χ0n) is 7.38. The lowest BCUT2D eigenvalue weighted by molar-refractivity contribution is -0.385. The van der Waals surface area contributed by atoms with Crippen molar-refractivity contribution in [2.45, 2.75) is 18.6 Å². The van der Waals surface area contributed by atoms with Crippen molar-refractivity contribution < 1.29 is 10.0 Å². The van der Waals surface area contributed by atoms with Crippen LogP contribution >= 0.6 is 0 Å². The third kappa shape index (κ3) is 1.26. The van der Waals surface area contributed by atoms with Gasteiger partial charge in [0.2, 0.25) is 0 Å². The van der Waals surface area contributed by atoms with E-state index in [4.69, 9.17) is 5.73 Å². The van der Waals surface area contributed by atoms with Gasteiger partial charge in [-0.1, -0.05) is 6.07 Å². The van der Waals surface area contributed by atoms with Crippen molar-refractivity contribution in [1.82, 2.24) is 0 Å². The molecule has 5 nitrogen and oxygen atoms in total. The van der Waals surface area contributed by atoms with Gasteiger partial charge >= 0.3 is 0 Å². The number of aliphatic hydroxyl groups excluding tert-OH is 1. The molecule has 0 amide bonds. The minimum Gasteiger partial charge on any atom is -0.387 e. The highest BCUT2D eigenvalue weighted by molar-refractivity contribution is 5.44. The fourth-order valence-electron chi connectivity index (χ4n) is 1.75. The van der Waals surface area contributed by atoms with Crippen molar-refractivity contribution in [1.29, 1.82) is 0 Å². The van der Waals surface area contributed by atoms with Crippen LogP contribution in [0.25, 0.3) is 0 Å². The molecule has 2 rings (SSSR count). The summed E-state index contributed by atoms with van der Waals surface area (Å²) in [5, 5.41) is 20.1. The predicted octanol–water partition coefficient (Wildman–Crippen LogP) is 0.512. The number of fused-ring (bicyclic) bond motifs is 1. The lowest BCUT2D eigenvalue weighted by Gasteiger charge is -2.07. The number of aliphatic hydroxyl groups is 1. The summed E-state index contributed by atoms with van der Waals surface area (Å²) >= 11 is 0. The highest BCUT2D eigenvalue weighted by Crippen LogP contribution is 2.32. The molecule has 0 unspecified atom stereocenters. The van der Waals surface area contributed by atoms with Crippen LogP contribution in [-0.2, 0) is 6.42 Å². The third-order valence-electron chi connectivity index (χ3n) is 2.52. The molecule has 1 aromatic carbocycles. The molecule has 1 aliphatic carbocycles. The summed E-state index contributed by atoms with van der Waals surface area (Å²) in [7, 11) is 0. The Kier molecular flexibility index (Phi) is 1.98. The van der Waals surface area contributed by atoms with Crippen molar-refractivity contribution in [3.63, 3.8) is 0 Å². The summed E-state index contributed by atoms with van der Waals surface area (Å²) in [6, 6.07) is 4.15. The van der Waals surface area contributed by atoms with Crippen molar-refractivity contribution in [3.05, 3.63) is 39.4 Å². The van der Waals surface area contributed by atoms with Crippen molar-refractivity contribution >= 4 is 5.69 Å². The van der Waals surface area contributed by atoms with E-state index in [0.717, 1.165) is 5.56 Å². The van der Waals surface area contributed by atoms with Crippen LogP contribution in [0.3, 0.4) is 0 Å². The summed E-state index contributed by atoms with van der Waals surface area (Å²) in [6.45, 7) is 0. The first-order valence-corrected chi connectivity index (χ1v) is 4.30. The summed E-state index contributed by atoms with van der Waals surface area (Å²) < 4.78 is 0. The molecular formula is C9H10N2O3. The van der Waals surface area contributed by atoms with E-state index < -0.39 is 11.0 Å². The van der Waals surface area contributed by atoms with E-state index in [1.807, 2.05) is 0 Å². The first-order valence-electron chi connectivity index (χ1n) is 4.30. The Morgan fingerprint density at radius 1 is 1.57 bits per heavy atom. The van der Waals surface area contributed by atoms with E-state index in [1.165, 1.54) is 12.1 Å². The van der Waals surface area contributed by atoms with Crippen molar-refractivity contribution in [2.24, 2.45) is 5.73 Å². The van der Waals surface area contributed by atoms with E-state index in [-0.39, 0.29) is 11.7 Å². The molecule has 5 heteroatoms. The van der Waals surface area contributed by atoms with E-state index in [1.54, 1.807) is 6.07 Å². The molecule has 0 radical (unpaired) electrons. The first kappa shape index (κ1) is 9.11. The summed E-state index contributed by atoms with van der Waals surface area (Å²) in [5.74, 6) is 0. The van der Waals surface area contributed by atoms with Crippen LogP contribution < -0.4 is 5.73 Å². The molecule has 1 aliphatic rings. The van der Waals surface area contributed by atoms with Crippen LogP contribution in [0.4, 0.5) is 5.69 Å². The number of non-ortho nitro benzene ring substituents is 1. The molecule has 0 saturated carbocycles. The molecule has 0 fully saturated rings. The number of hydrogen-bond donors (Lipinski definition) is 2. The SMILES string of the molecule is N[C@@H]1Cc2ccc([N+](=O)[O-])cc2[C@H]1O. The maximum absolute atomic E-state index is 10.5. The number of hydrogen-bond acceptors (Lipinski definition) is 4. The summed E-state index contributed by atoms with van der Waals surface area (Å²) in [5.41, 5.74) is 7.12. The first-order chi connectivity index (χ1) is 6.59. The van der Waals surface area contributed by atoms with Crippen molar-refractivity contribution in [2.75, 3.05) is 0 Å². The zero-order chi connectivity index (χ0) is 10.3. The van der Waals surface area contributed by atoms with Gasteiger partial charge in [-0.2, -0.15) is 0 Å². The molecule has 14 heavy (non-hydrogen) atoms. The molecule has 0 spiro atoms. The van der Waals surface area contributed by atoms with Gasteiger partial charge < -0.3 is 10.8 Å². The van der Waals surface area contributed by atoms with Gasteiger partial charge in [0.15, 0.2) is 0 Å². The lowest BCUT2D eigenvalue weighted by Crippen LogP contribution is -2.24. The Bertz CT molecular complexity index is 392. The largest absolute Gasteiger partial charge is 0.387 e. The quantitative estimate of drug-likeness (QED) is 0.503. The minimum atomic E-state index is -0.773. The van der Waals surface area contributed by atoms with Gasteiger partial charge in [-0.25, -0.2) is 0 Å². The van der Waals surface area contributed by atoms with Crippen molar-refractivity contribution in [3.8, 4) is 0 Å². The Hall–Kier alpha value is -1.46. The second kappa shape index (κ2) is 3.04. The Morgan fingerprint density at radius 2 is 2.29 bits per heavy atom. The van der Waals surface area contributed by atoms with E-state index in [9.17, 15) is 15.2 Å². The normalized spacial score (nSPS) is 24.7. The van der Waals surface area contributed by atoms with E-state index >= 15 is 0 Å². The van der Waals surface area contributed by atoms with Gasteiger partial charge in [-0.3, -0.25) is 10.1 Å². The number of benzene rings is 1. The van der Waals surface area contributed by atoms with Crippen LogP contribution in [0, 0.1) is 10.1 Å². The smallest absolute Gasteiger partial charge is 0.269 e. The maximum atomic E-state index is 10.5. The molecule has 0 aliphatic heterocycles. The average molecular weight is 194 g/mol. The lowest BCUT2D eigenvalue weighted by atomic mass is 10.1. The molecule has 0 saturated heterocycles. The topological polar surface area (TPSA) is 89.4 Å². The van der Waals surface area contributed by atoms with Gasteiger partial charge in [0.1, 0.15) is 0 Å².